The van der Waals surface area contributed by atoms with Crippen LogP contribution in [0.25, 0.3) is 0 Å². The van der Waals surface area contributed by atoms with Crippen molar-refractivity contribution in [2.45, 2.75) is 334 Å². The number of unbranched alkanes of at least 4 members (excludes halogenated alkanes) is 28. The molecule has 5 atom stereocenters. The predicted molar refractivity (Wildman–Crippen MR) is 426 cm³/mol. The molecule has 0 saturated carbocycles. The lowest BCUT2D eigenvalue weighted by Crippen LogP contribution is -2.30. The summed E-state index contributed by atoms with van der Waals surface area (Å²) in [5, 5.41) is 20.7. The van der Waals surface area contributed by atoms with E-state index in [-0.39, 0.29) is 19.3 Å². The van der Waals surface area contributed by atoms with Gasteiger partial charge in [-0.1, -0.05) is 301 Å². The number of ether oxygens (including phenoxy) is 3. The van der Waals surface area contributed by atoms with Gasteiger partial charge in [0.2, 0.25) is 0 Å². The maximum Gasteiger partial charge on any atom is 0.472 e. The fraction of sp³-hybridized carbons (Fsp3) is 0.682. The van der Waals surface area contributed by atoms with E-state index in [4.69, 9.17) is 32.3 Å². The van der Waals surface area contributed by atoms with Crippen LogP contribution in [0.2, 0.25) is 0 Å². The van der Waals surface area contributed by atoms with E-state index in [2.05, 4.69) is 167 Å². The Balaban J connectivity index is 4.59. The highest BCUT2D eigenvalue weighted by molar-refractivity contribution is 7.47. The Kier molecular flexibility index (Phi) is 73.6. The standard InChI is InChI=1S/C85H144O16P2/c1-4-7-10-13-16-19-22-25-28-31-34-35-36-37-38-39-40-41-42-43-46-48-50-53-56-59-62-65-68-71-83(88)95-74-80(86)75-97-102(91,92)98-76-81(87)77-99-103(93,94)100-79-82(101-85(90)73-70-67-64-61-58-55-52-49-45-33-30-27-24-21-18-15-12-9-6-3)78-96-84(89)72-69-66-63-60-57-54-51-47-44-32-29-26-23-20-17-14-11-8-5-2/h8-9,11-12,16-21,25-30,34-35,37-38,44-45,47,49,80-82,86-87H,4-7,10,13-15,22-24,31-33,36,39-43,46,48,50-79H2,1-3H3,(H,91,92)(H,93,94)/b11-8-,12-9-,19-16-,20-17-,21-18-,28-25-,29-26-,30-27-,35-34-,38-37-,47-44-,49-45-. The van der Waals surface area contributed by atoms with E-state index < -0.39 is 91.5 Å². The largest absolute Gasteiger partial charge is 0.472 e. The third kappa shape index (κ3) is 78.3. The van der Waals surface area contributed by atoms with Crippen LogP contribution in [0.1, 0.15) is 316 Å². The van der Waals surface area contributed by atoms with Gasteiger partial charge in [0, 0.05) is 19.3 Å². The van der Waals surface area contributed by atoms with Crippen LogP contribution in [-0.2, 0) is 55.8 Å². The first kappa shape index (κ1) is 98.4. The molecule has 0 bridgehead atoms. The molecule has 0 fully saturated rings. The number of allylic oxidation sites excluding steroid dienone is 24. The molecule has 0 amide bonds. The minimum Gasteiger partial charge on any atom is -0.463 e. The monoisotopic (exact) mass is 1480 g/mol. The zero-order valence-corrected chi connectivity index (χ0v) is 66.2. The first-order valence-corrected chi connectivity index (χ1v) is 43.1. The van der Waals surface area contributed by atoms with Gasteiger partial charge in [0.25, 0.3) is 0 Å². The van der Waals surface area contributed by atoms with Gasteiger partial charge in [-0.15, -0.1) is 0 Å². The number of carbonyl (C=O) groups is 3. The second kappa shape index (κ2) is 77.1. The van der Waals surface area contributed by atoms with Gasteiger partial charge in [-0.05, 0) is 141 Å². The van der Waals surface area contributed by atoms with Crippen molar-refractivity contribution in [3.8, 4) is 0 Å². The number of hydrogen-bond donors (Lipinski definition) is 4. The number of carbonyl (C=O) groups excluding carboxylic acids is 3. The van der Waals surface area contributed by atoms with Gasteiger partial charge >= 0.3 is 33.6 Å². The summed E-state index contributed by atoms with van der Waals surface area (Å²) in [6.45, 7) is 2.40. The molecule has 0 radical (unpaired) electrons. The molecule has 4 N–H and O–H groups in total. The van der Waals surface area contributed by atoms with Gasteiger partial charge in [-0.2, -0.15) is 0 Å². The molecule has 0 aromatic rings. The Morgan fingerprint density at radius 2 is 0.515 bits per heavy atom. The summed E-state index contributed by atoms with van der Waals surface area (Å²) in [6.07, 6.45) is 94.6. The highest BCUT2D eigenvalue weighted by atomic mass is 31.2. The number of phosphoric ester groups is 2. The van der Waals surface area contributed by atoms with Gasteiger partial charge < -0.3 is 34.2 Å². The predicted octanol–water partition coefficient (Wildman–Crippen LogP) is 23.7. The van der Waals surface area contributed by atoms with Gasteiger partial charge in [-0.3, -0.25) is 32.5 Å². The summed E-state index contributed by atoms with van der Waals surface area (Å²) in [7, 11) is -9.81. The Bertz CT molecular complexity index is 2450. The Morgan fingerprint density at radius 1 is 0.282 bits per heavy atom. The maximum atomic E-state index is 13.0. The molecular formula is C85H144O16P2. The second-order valence-electron chi connectivity index (χ2n) is 26.5. The number of aliphatic hydroxyl groups is 2. The van der Waals surface area contributed by atoms with Crippen LogP contribution in [0.5, 0.6) is 0 Å². The summed E-state index contributed by atoms with van der Waals surface area (Å²) < 4.78 is 61.2. The van der Waals surface area contributed by atoms with Gasteiger partial charge in [0.05, 0.1) is 26.4 Å². The fourth-order valence-corrected chi connectivity index (χ4v) is 12.1. The number of aliphatic hydroxyl groups excluding tert-OH is 2. The number of esters is 3. The normalized spacial score (nSPS) is 14.7. The quantitative estimate of drug-likeness (QED) is 0.0146. The van der Waals surface area contributed by atoms with Crippen molar-refractivity contribution in [2.75, 3.05) is 39.6 Å². The number of hydrogen-bond acceptors (Lipinski definition) is 14. The molecule has 0 heterocycles. The van der Waals surface area contributed by atoms with Crippen molar-refractivity contribution >= 4 is 33.6 Å². The van der Waals surface area contributed by atoms with Gasteiger partial charge in [-0.25, -0.2) is 9.13 Å². The first-order valence-electron chi connectivity index (χ1n) is 40.1. The molecule has 0 spiro atoms. The Hall–Kier alpha value is -4.57. The van der Waals surface area contributed by atoms with E-state index in [1.807, 2.05) is 0 Å². The van der Waals surface area contributed by atoms with E-state index >= 15 is 0 Å². The SMILES string of the molecule is CC/C=C\C/C=C\C/C=C\C/C=C\CCCCCCCCC(=O)OCC(COP(=O)(O)OCC(O)COP(=O)(O)OCC(O)COC(=O)CCCCCCCCCCCCCCC/C=C\C/C=C\C/C=C\C/C=C\CCCCC)OC(=O)CCCCCCCC/C=C\C/C=C\C/C=C\C/C=C\CC. The minimum atomic E-state index is -4.94. The average molecular weight is 1480 g/mol. The molecule has 0 rings (SSSR count). The molecule has 103 heavy (non-hydrogen) atoms. The highest BCUT2D eigenvalue weighted by Crippen LogP contribution is 2.45. The average Bonchev–Trinajstić information content (AvgIpc) is 0.939. The third-order valence-corrected chi connectivity index (χ3v) is 18.4. The van der Waals surface area contributed by atoms with Crippen LogP contribution in [0, 0.1) is 0 Å². The van der Waals surface area contributed by atoms with Crippen LogP contribution in [0.4, 0.5) is 0 Å². The topological polar surface area (TPSA) is 231 Å². The molecule has 0 saturated heterocycles. The van der Waals surface area contributed by atoms with E-state index in [0.717, 1.165) is 173 Å². The number of phosphoric acid groups is 2. The van der Waals surface area contributed by atoms with E-state index in [1.165, 1.54) is 83.5 Å². The van der Waals surface area contributed by atoms with Crippen molar-refractivity contribution in [2.24, 2.45) is 0 Å². The molecule has 5 unspecified atom stereocenters. The molecule has 590 valence electrons. The molecule has 0 aliphatic heterocycles. The zero-order valence-electron chi connectivity index (χ0n) is 64.4. The van der Waals surface area contributed by atoms with E-state index in [0.29, 0.717) is 19.3 Å². The lowest BCUT2D eigenvalue weighted by Gasteiger charge is -2.21. The van der Waals surface area contributed by atoms with Crippen LogP contribution in [-0.4, -0.2) is 95.9 Å². The van der Waals surface area contributed by atoms with Crippen molar-refractivity contribution in [1.82, 2.24) is 0 Å². The number of rotatable bonds is 75. The first-order chi connectivity index (χ1) is 50.2. The lowest BCUT2D eigenvalue weighted by atomic mass is 10.0. The van der Waals surface area contributed by atoms with Crippen LogP contribution in [0.15, 0.2) is 146 Å². The van der Waals surface area contributed by atoms with Gasteiger partial charge in [0.15, 0.2) is 6.10 Å². The summed E-state index contributed by atoms with van der Waals surface area (Å²) >= 11 is 0. The summed E-state index contributed by atoms with van der Waals surface area (Å²) in [5.41, 5.74) is 0. The van der Waals surface area contributed by atoms with Crippen molar-refractivity contribution in [3.63, 3.8) is 0 Å². The Morgan fingerprint density at radius 3 is 0.816 bits per heavy atom. The van der Waals surface area contributed by atoms with Crippen LogP contribution >= 0.6 is 15.6 Å². The smallest absolute Gasteiger partial charge is 0.463 e. The Labute approximate surface area is 626 Å². The van der Waals surface area contributed by atoms with Crippen molar-refractivity contribution in [1.29, 1.82) is 0 Å². The minimum absolute atomic E-state index is 0.0807. The highest BCUT2D eigenvalue weighted by Gasteiger charge is 2.29. The fourth-order valence-electron chi connectivity index (χ4n) is 10.5. The van der Waals surface area contributed by atoms with Crippen molar-refractivity contribution in [3.05, 3.63) is 146 Å². The van der Waals surface area contributed by atoms with Crippen LogP contribution < -0.4 is 0 Å². The molecule has 18 heteroatoms. The molecule has 0 aliphatic rings. The second-order valence-corrected chi connectivity index (χ2v) is 29.4. The van der Waals surface area contributed by atoms with E-state index in [9.17, 15) is 43.5 Å². The van der Waals surface area contributed by atoms with E-state index in [1.54, 1.807) is 0 Å². The molecule has 0 aromatic heterocycles. The van der Waals surface area contributed by atoms with Gasteiger partial charge in [0.1, 0.15) is 25.4 Å². The summed E-state index contributed by atoms with van der Waals surface area (Å²) in [4.78, 5) is 58.7. The molecular weight excluding hydrogens is 1340 g/mol. The summed E-state index contributed by atoms with van der Waals surface area (Å²) in [5.74, 6) is -1.61. The molecule has 0 aromatic carbocycles. The zero-order chi connectivity index (χ0) is 75.2. The summed E-state index contributed by atoms with van der Waals surface area (Å²) in [6, 6.07) is 0. The van der Waals surface area contributed by atoms with Crippen LogP contribution in [0.3, 0.4) is 0 Å². The molecule has 16 nitrogen and oxygen atoms in total. The maximum absolute atomic E-state index is 13.0. The molecule has 0 aliphatic carbocycles. The lowest BCUT2D eigenvalue weighted by molar-refractivity contribution is -0.161. The third-order valence-electron chi connectivity index (χ3n) is 16.5. The van der Waals surface area contributed by atoms with Crippen molar-refractivity contribution < 1.29 is 75.8 Å².